The van der Waals surface area contributed by atoms with Crippen LogP contribution in [0.1, 0.15) is 23.5 Å². The van der Waals surface area contributed by atoms with Gasteiger partial charge in [-0.25, -0.2) is 0 Å². The molecule has 2 aromatic rings. The van der Waals surface area contributed by atoms with Gasteiger partial charge < -0.3 is 5.73 Å². The number of nitrogens with zero attached hydrogens (tertiary/aromatic N) is 3. The number of benzene rings is 1. The minimum Gasteiger partial charge on any atom is -0.399 e. The fraction of sp³-hybridized carbons (Fsp3) is 0.400. The molecule has 2 N–H and O–H groups in total. The Bertz CT molecular complexity index is 561. The van der Waals surface area contributed by atoms with E-state index in [1.165, 1.54) is 17.5 Å². The molecule has 1 aromatic carbocycles. The number of aryl methyl sites for hydroxylation is 1. The van der Waals surface area contributed by atoms with Crippen LogP contribution in [0.4, 0.5) is 5.69 Å². The zero-order valence-corrected chi connectivity index (χ0v) is 11.3. The summed E-state index contributed by atoms with van der Waals surface area (Å²) in [6.45, 7) is 3.25. The Kier molecular flexibility index (Phi) is 3.25. The van der Waals surface area contributed by atoms with Crippen molar-refractivity contribution in [1.82, 2.24) is 14.7 Å². The zero-order chi connectivity index (χ0) is 13.2. The molecule has 1 aromatic heterocycles. The van der Waals surface area contributed by atoms with Crippen LogP contribution in [-0.4, -0.2) is 27.8 Å². The van der Waals surface area contributed by atoms with Crippen molar-refractivity contribution in [1.29, 1.82) is 0 Å². The van der Waals surface area contributed by atoms with E-state index < -0.39 is 0 Å². The molecule has 1 aliphatic rings. The number of rotatable bonds is 3. The predicted octanol–water partition coefficient (Wildman–Crippen LogP) is 1.99. The lowest BCUT2D eigenvalue weighted by molar-refractivity contribution is 0.327. The second kappa shape index (κ2) is 5.05. The molecule has 0 saturated carbocycles. The summed E-state index contributed by atoms with van der Waals surface area (Å²) in [7, 11) is 1.98. The van der Waals surface area contributed by atoms with Gasteiger partial charge in [0.1, 0.15) is 0 Å². The van der Waals surface area contributed by atoms with Gasteiger partial charge in [-0.2, -0.15) is 5.10 Å². The molecule has 0 bridgehead atoms. The van der Waals surface area contributed by atoms with Crippen molar-refractivity contribution < 1.29 is 0 Å². The van der Waals surface area contributed by atoms with Crippen LogP contribution in [0.5, 0.6) is 0 Å². The highest BCUT2D eigenvalue weighted by Gasteiger charge is 2.24. The molecule has 0 amide bonds. The highest BCUT2D eigenvalue weighted by molar-refractivity contribution is 5.40. The van der Waals surface area contributed by atoms with Gasteiger partial charge >= 0.3 is 0 Å². The summed E-state index contributed by atoms with van der Waals surface area (Å²) in [4.78, 5) is 2.49. The summed E-state index contributed by atoms with van der Waals surface area (Å²) in [5.41, 5.74) is 9.33. The van der Waals surface area contributed by atoms with Crippen LogP contribution in [0, 0.1) is 0 Å². The molecule has 2 heterocycles. The van der Waals surface area contributed by atoms with E-state index in [2.05, 4.69) is 28.3 Å². The molecule has 0 aliphatic carbocycles. The summed E-state index contributed by atoms with van der Waals surface area (Å²) >= 11 is 0. The van der Waals surface area contributed by atoms with E-state index in [1.54, 1.807) is 0 Å². The summed E-state index contributed by atoms with van der Waals surface area (Å²) in [6.07, 6.45) is 5.34. The molecule has 4 nitrogen and oxygen atoms in total. The molecule has 4 heteroatoms. The largest absolute Gasteiger partial charge is 0.399 e. The molecule has 1 fully saturated rings. The normalized spacial score (nSPS) is 19.9. The van der Waals surface area contributed by atoms with Crippen LogP contribution in [-0.2, 0) is 13.6 Å². The van der Waals surface area contributed by atoms with E-state index in [1.807, 2.05) is 30.1 Å². The van der Waals surface area contributed by atoms with Gasteiger partial charge in [0.25, 0.3) is 0 Å². The maximum atomic E-state index is 5.82. The maximum Gasteiger partial charge on any atom is 0.0524 e. The average Bonchev–Trinajstić information content (AvgIpc) is 2.98. The molecule has 19 heavy (non-hydrogen) atoms. The lowest BCUT2D eigenvalue weighted by Gasteiger charge is -2.16. The van der Waals surface area contributed by atoms with Crippen molar-refractivity contribution >= 4 is 5.69 Å². The van der Waals surface area contributed by atoms with Crippen LogP contribution in [0.25, 0.3) is 0 Å². The summed E-state index contributed by atoms with van der Waals surface area (Å²) in [6, 6.07) is 8.18. The number of aromatic nitrogens is 2. The summed E-state index contributed by atoms with van der Waals surface area (Å²) < 4.78 is 1.88. The standard InChI is InChI=1S/C15H20N4/c1-18-10-14(8-17-18)13-5-6-19(11-13)9-12-3-2-4-15(16)7-12/h2-4,7-8,10,13H,5-6,9,11,16H2,1H3. The number of hydrogen-bond donors (Lipinski definition) is 1. The molecular formula is C15H20N4. The third-order valence-electron chi connectivity index (χ3n) is 3.83. The van der Waals surface area contributed by atoms with Crippen LogP contribution >= 0.6 is 0 Å². The van der Waals surface area contributed by atoms with Crippen molar-refractivity contribution in [3.05, 3.63) is 47.8 Å². The fourth-order valence-corrected chi connectivity index (χ4v) is 2.85. The van der Waals surface area contributed by atoms with E-state index in [9.17, 15) is 0 Å². The Morgan fingerprint density at radius 3 is 3.05 bits per heavy atom. The highest BCUT2D eigenvalue weighted by atomic mass is 15.2. The number of anilines is 1. The number of hydrogen-bond acceptors (Lipinski definition) is 3. The first-order chi connectivity index (χ1) is 9.20. The van der Waals surface area contributed by atoms with E-state index in [4.69, 9.17) is 5.73 Å². The number of likely N-dealkylation sites (tertiary alicyclic amines) is 1. The second-order valence-electron chi connectivity index (χ2n) is 5.41. The molecular weight excluding hydrogens is 236 g/mol. The van der Waals surface area contributed by atoms with Crippen molar-refractivity contribution in [3.63, 3.8) is 0 Å². The average molecular weight is 256 g/mol. The Hall–Kier alpha value is -1.81. The van der Waals surface area contributed by atoms with Gasteiger partial charge in [0.15, 0.2) is 0 Å². The highest BCUT2D eigenvalue weighted by Crippen LogP contribution is 2.27. The van der Waals surface area contributed by atoms with Gasteiger partial charge in [-0.3, -0.25) is 9.58 Å². The molecule has 0 radical (unpaired) electrons. The van der Waals surface area contributed by atoms with Crippen LogP contribution in [0.15, 0.2) is 36.7 Å². The molecule has 100 valence electrons. The van der Waals surface area contributed by atoms with Crippen molar-refractivity contribution in [2.75, 3.05) is 18.8 Å². The van der Waals surface area contributed by atoms with Gasteiger partial charge in [0, 0.05) is 37.9 Å². The summed E-state index contributed by atoms with van der Waals surface area (Å²) in [5, 5.41) is 4.26. The molecule has 1 atom stereocenters. The van der Waals surface area contributed by atoms with Gasteiger partial charge in [-0.15, -0.1) is 0 Å². The van der Waals surface area contributed by atoms with Crippen LogP contribution in [0.3, 0.4) is 0 Å². The minimum atomic E-state index is 0.620. The summed E-state index contributed by atoms with van der Waals surface area (Å²) in [5.74, 6) is 0.620. The maximum absolute atomic E-state index is 5.82. The zero-order valence-electron chi connectivity index (χ0n) is 11.3. The first kappa shape index (κ1) is 12.2. The molecule has 1 aliphatic heterocycles. The third kappa shape index (κ3) is 2.79. The van der Waals surface area contributed by atoms with Crippen LogP contribution < -0.4 is 5.73 Å². The monoisotopic (exact) mass is 256 g/mol. The van der Waals surface area contributed by atoms with E-state index in [0.29, 0.717) is 5.92 Å². The fourth-order valence-electron chi connectivity index (χ4n) is 2.85. The number of nitrogens with two attached hydrogens (primary N) is 1. The van der Waals surface area contributed by atoms with E-state index in [0.717, 1.165) is 25.3 Å². The Morgan fingerprint density at radius 1 is 1.42 bits per heavy atom. The smallest absolute Gasteiger partial charge is 0.0524 e. The quantitative estimate of drug-likeness (QED) is 0.854. The van der Waals surface area contributed by atoms with Crippen molar-refractivity contribution in [2.24, 2.45) is 7.05 Å². The predicted molar refractivity (Wildman–Crippen MR) is 76.7 cm³/mol. The SMILES string of the molecule is Cn1cc(C2CCN(Cc3cccc(N)c3)C2)cn1. The van der Waals surface area contributed by atoms with Crippen molar-refractivity contribution in [3.8, 4) is 0 Å². The Balaban J connectivity index is 1.63. The number of nitrogen functional groups attached to an aromatic ring is 1. The first-order valence-electron chi connectivity index (χ1n) is 6.76. The topological polar surface area (TPSA) is 47.1 Å². The van der Waals surface area contributed by atoms with E-state index >= 15 is 0 Å². The molecule has 0 spiro atoms. The first-order valence-corrected chi connectivity index (χ1v) is 6.76. The van der Waals surface area contributed by atoms with Gasteiger partial charge in [0.2, 0.25) is 0 Å². The molecule has 1 saturated heterocycles. The molecule has 1 unspecified atom stereocenters. The van der Waals surface area contributed by atoms with Gasteiger partial charge in [0.05, 0.1) is 6.20 Å². The van der Waals surface area contributed by atoms with E-state index in [-0.39, 0.29) is 0 Å². The van der Waals surface area contributed by atoms with Gasteiger partial charge in [-0.05, 0) is 36.2 Å². The van der Waals surface area contributed by atoms with Crippen LogP contribution in [0.2, 0.25) is 0 Å². The lowest BCUT2D eigenvalue weighted by Crippen LogP contribution is -2.19. The second-order valence-corrected chi connectivity index (χ2v) is 5.41. The molecule has 3 rings (SSSR count). The van der Waals surface area contributed by atoms with Crippen molar-refractivity contribution in [2.45, 2.75) is 18.9 Å². The Labute approximate surface area is 113 Å². The van der Waals surface area contributed by atoms with Gasteiger partial charge in [-0.1, -0.05) is 12.1 Å². The lowest BCUT2D eigenvalue weighted by atomic mass is 10.0. The Morgan fingerprint density at radius 2 is 2.32 bits per heavy atom. The third-order valence-corrected chi connectivity index (χ3v) is 3.83. The minimum absolute atomic E-state index is 0.620.